The Morgan fingerprint density at radius 1 is 1.33 bits per heavy atom. The molecule has 3 nitrogen and oxygen atoms in total. The summed E-state index contributed by atoms with van der Waals surface area (Å²) in [6, 6.07) is 3.85. The van der Waals surface area contributed by atoms with E-state index in [1.54, 1.807) is 19.0 Å². The molecule has 0 fully saturated rings. The van der Waals surface area contributed by atoms with Gasteiger partial charge in [0.05, 0.1) is 13.2 Å². The van der Waals surface area contributed by atoms with Crippen molar-refractivity contribution in [3.05, 3.63) is 29.3 Å². The van der Waals surface area contributed by atoms with Crippen molar-refractivity contribution in [2.45, 2.75) is 18.9 Å². The van der Waals surface area contributed by atoms with Crippen LogP contribution >= 0.6 is 0 Å². The van der Waals surface area contributed by atoms with Crippen LogP contribution in [0.1, 0.15) is 24.4 Å². The Kier molecular flexibility index (Phi) is 5.05. The maximum atomic E-state index is 13.9. The molecule has 0 saturated carbocycles. The number of methoxy groups -OCH3 is 1. The first kappa shape index (κ1) is 14.4. The average molecular weight is 254 g/mol. The van der Waals surface area contributed by atoms with Gasteiger partial charge < -0.3 is 9.64 Å². The van der Waals surface area contributed by atoms with Crippen molar-refractivity contribution in [3.63, 3.8) is 0 Å². The Morgan fingerprint density at radius 2 is 2.00 bits per heavy atom. The maximum Gasteiger partial charge on any atom is 0.165 e. The van der Waals surface area contributed by atoms with Crippen LogP contribution in [-0.4, -0.2) is 26.1 Å². The largest absolute Gasteiger partial charge is 0.494 e. The summed E-state index contributed by atoms with van der Waals surface area (Å²) in [6.07, 6.45) is 0.738. The van der Waals surface area contributed by atoms with E-state index in [4.69, 9.17) is 10.00 Å². The van der Waals surface area contributed by atoms with Crippen LogP contribution in [0.15, 0.2) is 12.1 Å². The zero-order valence-electron chi connectivity index (χ0n) is 10.7. The predicted octanol–water partition coefficient (Wildman–Crippen LogP) is 2.88. The van der Waals surface area contributed by atoms with Gasteiger partial charge in [0.1, 0.15) is 5.82 Å². The van der Waals surface area contributed by atoms with Gasteiger partial charge in [-0.1, -0.05) is 0 Å². The van der Waals surface area contributed by atoms with Gasteiger partial charge in [-0.15, -0.1) is 0 Å². The van der Waals surface area contributed by atoms with Gasteiger partial charge in [0.15, 0.2) is 11.6 Å². The molecule has 1 rings (SSSR count). The van der Waals surface area contributed by atoms with Gasteiger partial charge in [0.2, 0.25) is 0 Å². The van der Waals surface area contributed by atoms with E-state index in [0.29, 0.717) is 6.42 Å². The average Bonchev–Trinajstić information content (AvgIpc) is 2.32. The SMILES string of the molecule is COc1cc(F)c(C(CCC#N)N(C)C)cc1F. The molecule has 98 valence electrons. The Bertz CT molecular complexity index is 455. The van der Waals surface area contributed by atoms with E-state index in [1.807, 2.05) is 6.07 Å². The number of benzene rings is 1. The number of ether oxygens (including phenoxy) is 1. The second-order valence-electron chi connectivity index (χ2n) is 4.18. The molecule has 1 aromatic rings. The highest BCUT2D eigenvalue weighted by Crippen LogP contribution is 2.30. The summed E-state index contributed by atoms with van der Waals surface area (Å²) < 4.78 is 32.2. The number of hydrogen-bond donors (Lipinski definition) is 0. The summed E-state index contributed by atoms with van der Waals surface area (Å²) in [5.74, 6) is -1.24. The van der Waals surface area contributed by atoms with Crippen LogP contribution in [0.25, 0.3) is 0 Å². The molecule has 0 heterocycles. The van der Waals surface area contributed by atoms with E-state index in [0.717, 1.165) is 12.1 Å². The zero-order valence-corrected chi connectivity index (χ0v) is 10.7. The van der Waals surface area contributed by atoms with E-state index < -0.39 is 11.6 Å². The van der Waals surface area contributed by atoms with Crippen molar-refractivity contribution >= 4 is 0 Å². The van der Waals surface area contributed by atoms with E-state index in [2.05, 4.69) is 0 Å². The van der Waals surface area contributed by atoms with Crippen molar-refractivity contribution in [2.75, 3.05) is 21.2 Å². The summed E-state index contributed by atoms with van der Waals surface area (Å²) in [7, 11) is 4.82. The highest BCUT2D eigenvalue weighted by atomic mass is 19.1. The van der Waals surface area contributed by atoms with Crippen LogP contribution in [0, 0.1) is 23.0 Å². The van der Waals surface area contributed by atoms with Crippen molar-refractivity contribution < 1.29 is 13.5 Å². The molecule has 0 radical (unpaired) electrons. The fraction of sp³-hybridized carbons (Fsp3) is 0.462. The van der Waals surface area contributed by atoms with Gasteiger partial charge in [0.25, 0.3) is 0 Å². The second kappa shape index (κ2) is 6.31. The smallest absolute Gasteiger partial charge is 0.165 e. The third-order valence-corrected chi connectivity index (χ3v) is 2.78. The van der Waals surface area contributed by atoms with Gasteiger partial charge in [-0.2, -0.15) is 5.26 Å². The first-order valence-corrected chi connectivity index (χ1v) is 5.57. The molecule has 1 aromatic carbocycles. The van der Waals surface area contributed by atoms with Crippen LogP contribution in [0.2, 0.25) is 0 Å². The molecular formula is C13H16F2N2O. The first-order chi connectivity index (χ1) is 8.51. The van der Waals surface area contributed by atoms with Gasteiger partial charge in [-0.25, -0.2) is 8.78 Å². The molecule has 0 aliphatic rings. The van der Waals surface area contributed by atoms with Crippen molar-refractivity contribution in [1.82, 2.24) is 4.90 Å². The molecular weight excluding hydrogens is 238 g/mol. The van der Waals surface area contributed by atoms with E-state index >= 15 is 0 Å². The second-order valence-corrected chi connectivity index (χ2v) is 4.18. The minimum Gasteiger partial charge on any atom is -0.494 e. The summed E-state index contributed by atoms with van der Waals surface area (Å²) in [4.78, 5) is 1.77. The molecule has 0 amide bonds. The third kappa shape index (κ3) is 3.17. The molecule has 5 heteroatoms. The fourth-order valence-electron chi connectivity index (χ4n) is 1.85. The molecule has 1 unspecified atom stereocenters. The van der Waals surface area contributed by atoms with Gasteiger partial charge in [-0.05, 0) is 26.6 Å². The summed E-state index contributed by atoms with van der Waals surface area (Å²) in [5.41, 5.74) is 0.244. The molecule has 0 saturated heterocycles. The van der Waals surface area contributed by atoms with E-state index in [1.165, 1.54) is 7.11 Å². The van der Waals surface area contributed by atoms with Crippen LogP contribution in [0.4, 0.5) is 8.78 Å². The molecule has 18 heavy (non-hydrogen) atoms. The lowest BCUT2D eigenvalue weighted by Crippen LogP contribution is -2.21. The lowest BCUT2D eigenvalue weighted by Gasteiger charge is -2.24. The summed E-state index contributed by atoms with van der Waals surface area (Å²) >= 11 is 0. The first-order valence-electron chi connectivity index (χ1n) is 5.57. The van der Waals surface area contributed by atoms with Crippen molar-refractivity contribution in [3.8, 4) is 11.8 Å². The Balaban J connectivity index is 3.12. The van der Waals surface area contributed by atoms with Gasteiger partial charge in [-0.3, -0.25) is 0 Å². The number of rotatable bonds is 5. The number of hydrogen-bond acceptors (Lipinski definition) is 3. The summed E-state index contributed by atoms with van der Waals surface area (Å²) in [6.45, 7) is 0. The van der Waals surface area contributed by atoms with Crippen LogP contribution in [0.3, 0.4) is 0 Å². The Labute approximate surface area is 106 Å². The lowest BCUT2D eigenvalue weighted by atomic mass is 10.00. The van der Waals surface area contributed by atoms with Crippen LogP contribution in [0.5, 0.6) is 5.75 Å². The normalized spacial score (nSPS) is 12.3. The number of nitrogens with zero attached hydrogens (tertiary/aromatic N) is 2. The molecule has 0 N–H and O–H groups in total. The number of nitriles is 1. The van der Waals surface area contributed by atoms with Gasteiger partial charge in [0, 0.05) is 24.1 Å². The highest BCUT2D eigenvalue weighted by Gasteiger charge is 2.20. The maximum absolute atomic E-state index is 13.9. The Hall–Kier alpha value is -1.67. The Morgan fingerprint density at radius 3 is 2.50 bits per heavy atom. The molecule has 0 aromatic heterocycles. The zero-order chi connectivity index (χ0) is 13.7. The molecule has 0 spiro atoms. The minimum atomic E-state index is -0.599. The molecule has 0 bridgehead atoms. The van der Waals surface area contributed by atoms with Crippen molar-refractivity contribution in [2.24, 2.45) is 0 Å². The predicted molar refractivity (Wildman–Crippen MR) is 64.2 cm³/mol. The lowest BCUT2D eigenvalue weighted by molar-refractivity contribution is 0.277. The molecule has 1 atom stereocenters. The minimum absolute atomic E-state index is 0.117. The molecule has 0 aliphatic heterocycles. The van der Waals surface area contributed by atoms with E-state index in [9.17, 15) is 8.78 Å². The molecule has 0 aliphatic carbocycles. The van der Waals surface area contributed by atoms with Crippen LogP contribution in [-0.2, 0) is 0 Å². The van der Waals surface area contributed by atoms with Crippen molar-refractivity contribution in [1.29, 1.82) is 5.26 Å². The summed E-state index contributed by atoms with van der Waals surface area (Å²) in [5, 5.41) is 8.59. The standard InChI is InChI=1S/C13H16F2N2O/c1-17(2)12(5-4-6-16)9-7-11(15)13(18-3)8-10(9)14/h7-8,12H,4-5H2,1-3H3. The monoisotopic (exact) mass is 254 g/mol. The van der Waals surface area contributed by atoms with Crippen LogP contribution < -0.4 is 4.74 Å². The van der Waals surface area contributed by atoms with Gasteiger partial charge >= 0.3 is 0 Å². The highest BCUT2D eigenvalue weighted by molar-refractivity contribution is 5.32. The quantitative estimate of drug-likeness (QED) is 0.810. The topological polar surface area (TPSA) is 36.3 Å². The van der Waals surface area contributed by atoms with E-state index in [-0.39, 0.29) is 23.8 Å². The number of halogens is 2. The third-order valence-electron chi connectivity index (χ3n) is 2.78. The fourth-order valence-corrected chi connectivity index (χ4v) is 1.85.